The zero-order valence-electron chi connectivity index (χ0n) is 21.7. The maximum Gasteiger partial charge on any atom is 0.338 e. The maximum atomic E-state index is 13.2. The lowest BCUT2D eigenvalue weighted by molar-refractivity contribution is -0.143. The fourth-order valence-corrected chi connectivity index (χ4v) is 4.58. The van der Waals surface area contributed by atoms with Gasteiger partial charge in [0, 0.05) is 23.5 Å². The van der Waals surface area contributed by atoms with E-state index in [0.717, 1.165) is 23.6 Å². The molecule has 192 valence electrons. The molecule has 1 unspecified atom stereocenters. The van der Waals surface area contributed by atoms with Crippen molar-refractivity contribution in [3.63, 3.8) is 0 Å². The number of nitrogens with zero attached hydrogens (tertiary/aromatic N) is 1. The van der Waals surface area contributed by atoms with Crippen LogP contribution >= 0.6 is 0 Å². The molecule has 0 spiro atoms. The van der Waals surface area contributed by atoms with Gasteiger partial charge in [-0.15, -0.1) is 0 Å². The number of fused-ring (bicyclic) bond motifs is 1. The van der Waals surface area contributed by atoms with E-state index in [1.54, 1.807) is 49.9 Å². The van der Waals surface area contributed by atoms with Crippen LogP contribution in [0.15, 0.2) is 78.0 Å². The summed E-state index contributed by atoms with van der Waals surface area (Å²) in [5.41, 5.74) is 2.78. The number of rotatable bonds is 8. The van der Waals surface area contributed by atoms with Crippen LogP contribution in [0.2, 0.25) is 0 Å². The monoisotopic (exact) mass is 499 g/mol. The van der Waals surface area contributed by atoms with Crippen LogP contribution in [-0.2, 0) is 9.53 Å². The number of anilines is 1. The van der Waals surface area contributed by atoms with Crippen LogP contribution in [0.25, 0.3) is 10.8 Å². The largest absolute Gasteiger partial charge is 0.459 e. The summed E-state index contributed by atoms with van der Waals surface area (Å²) < 4.78 is 5.55. The molecule has 1 heterocycles. The summed E-state index contributed by atoms with van der Waals surface area (Å²) in [6, 6.07) is 19.6. The number of urea groups is 1. The van der Waals surface area contributed by atoms with Crippen LogP contribution in [-0.4, -0.2) is 35.5 Å². The number of hydrogen-bond acceptors (Lipinski definition) is 4. The van der Waals surface area contributed by atoms with E-state index in [0.29, 0.717) is 34.6 Å². The first kappa shape index (κ1) is 25.9. The topological polar surface area (TPSA) is 87.7 Å². The smallest absolute Gasteiger partial charge is 0.338 e. The van der Waals surface area contributed by atoms with E-state index < -0.39 is 12.0 Å². The van der Waals surface area contributed by atoms with Gasteiger partial charge in [0.25, 0.3) is 5.91 Å². The number of benzene rings is 3. The highest BCUT2D eigenvalue weighted by molar-refractivity contribution is 6.13. The van der Waals surface area contributed by atoms with E-state index in [1.807, 2.05) is 42.5 Å². The number of amides is 3. The molecule has 2 N–H and O–H groups in total. The van der Waals surface area contributed by atoms with Crippen molar-refractivity contribution in [1.82, 2.24) is 10.2 Å². The van der Waals surface area contributed by atoms with Gasteiger partial charge >= 0.3 is 12.0 Å². The minimum atomic E-state index is -0.703. The number of carbonyl (C=O) groups excluding carboxylic acids is 3. The van der Waals surface area contributed by atoms with Gasteiger partial charge in [0.05, 0.1) is 17.7 Å². The van der Waals surface area contributed by atoms with Crippen molar-refractivity contribution in [2.24, 2.45) is 0 Å². The van der Waals surface area contributed by atoms with E-state index in [4.69, 9.17) is 4.74 Å². The van der Waals surface area contributed by atoms with Gasteiger partial charge in [0.15, 0.2) is 0 Å². The molecule has 0 aliphatic carbocycles. The van der Waals surface area contributed by atoms with E-state index in [2.05, 4.69) is 17.6 Å². The van der Waals surface area contributed by atoms with Gasteiger partial charge in [-0.25, -0.2) is 9.59 Å². The molecule has 7 nitrogen and oxygen atoms in total. The molecule has 3 aromatic rings. The van der Waals surface area contributed by atoms with Gasteiger partial charge in [0.1, 0.15) is 0 Å². The van der Waals surface area contributed by atoms with E-state index >= 15 is 0 Å². The second-order valence-electron chi connectivity index (χ2n) is 9.45. The molecule has 3 amide bonds. The second kappa shape index (κ2) is 11.3. The molecule has 0 fully saturated rings. The Morgan fingerprint density at radius 1 is 1.05 bits per heavy atom. The number of ether oxygens (including phenoxy) is 1. The van der Waals surface area contributed by atoms with Crippen LogP contribution in [0.3, 0.4) is 0 Å². The van der Waals surface area contributed by atoms with E-state index in [-0.39, 0.29) is 18.0 Å². The zero-order chi connectivity index (χ0) is 26.5. The predicted molar refractivity (Wildman–Crippen MR) is 145 cm³/mol. The minimum absolute atomic E-state index is 0.237. The maximum absolute atomic E-state index is 13.2. The molecule has 0 bridgehead atoms. The van der Waals surface area contributed by atoms with Gasteiger partial charge in [-0.3, -0.25) is 9.69 Å². The Balaban J connectivity index is 1.66. The molecule has 1 aliphatic heterocycles. The van der Waals surface area contributed by atoms with Crippen LogP contribution in [0.5, 0.6) is 0 Å². The molecule has 4 rings (SSSR count). The second-order valence-corrected chi connectivity index (χ2v) is 9.45. The third-order valence-corrected chi connectivity index (χ3v) is 6.41. The highest BCUT2D eigenvalue weighted by Gasteiger charge is 2.36. The lowest BCUT2D eigenvalue weighted by Crippen LogP contribution is -2.48. The molecule has 37 heavy (non-hydrogen) atoms. The zero-order valence-corrected chi connectivity index (χ0v) is 21.7. The van der Waals surface area contributed by atoms with Gasteiger partial charge in [-0.2, -0.15) is 0 Å². The number of nitrogens with one attached hydrogen (secondary N) is 2. The molecule has 0 saturated carbocycles. The first-order valence-electron chi connectivity index (χ1n) is 12.7. The first-order chi connectivity index (χ1) is 17.8. The van der Waals surface area contributed by atoms with Crippen molar-refractivity contribution in [2.75, 3.05) is 11.9 Å². The summed E-state index contributed by atoms with van der Waals surface area (Å²) in [4.78, 5) is 41.0. The molecule has 1 aliphatic rings. The Bertz CT molecular complexity index is 1360. The third kappa shape index (κ3) is 5.66. The first-order valence-corrected chi connectivity index (χ1v) is 12.7. The van der Waals surface area contributed by atoms with Crippen LogP contribution < -0.4 is 10.6 Å². The standard InChI is InChI=1S/C30H33N3O4/c1-5-6-17-33-20(4)26(29(35)37-19(2)3)27(32-30(33)36)22-13-9-14-23(18-22)31-28(34)25-16-10-12-21-11-7-8-15-24(21)25/h7-16,18-19,27H,5-6,17H2,1-4H3,(H,31,34)(H,32,36). The van der Waals surface area contributed by atoms with Crippen molar-refractivity contribution in [3.05, 3.63) is 89.1 Å². The highest BCUT2D eigenvalue weighted by atomic mass is 16.5. The SMILES string of the molecule is CCCCN1C(=O)NC(c2cccc(NC(=O)c3cccc4ccccc34)c2)C(C(=O)OC(C)C)=C1C. The molecular weight excluding hydrogens is 466 g/mol. The molecule has 0 radical (unpaired) electrons. The fraction of sp³-hybridized carbons (Fsp3) is 0.300. The third-order valence-electron chi connectivity index (χ3n) is 6.41. The normalized spacial score (nSPS) is 15.6. The lowest BCUT2D eigenvalue weighted by atomic mass is 9.94. The summed E-state index contributed by atoms with van der Waals surface area (Å²) in [6.07, 6.45) is 1.43. The molecule has 0 aromatic heterocycles. The van der Waals surface area contributed by atoms with Crippen molar-refractivity contribution in [3.8, 4) is 0 Å². The van der Waals surface area contributed by atoms with Crippen LogP contribution in [0, 0.1) is 0 Å². The average Bonchev–Trinajstić information content (AvgIpc) is 2.87. The Hall–Kier alpha value is -4.13. The summed E-state index contributed by atoms with van der Waals surface area (Å²) in [5.74, 6) is -0.706. The van der Waals surface area contributed by atoms with Gasteiger partial charge in [0.2, 0.25) is 0 Å². The van der Waals surface area contributed by atoms with Crippen molar-refractivity contribution in [2.45, 2.75) is 52.7 Å². The van der Waals surface area contributed by atoms with Crippen molar-refractivity contribution in [1.29, 1.82) is 0 Å². The number of allylic oxidation sites excluding steroid dienone is 1. The Morgan fingerprint density at radius 3 is 2.54 bits per heavy atom. The summed E-state index contributed by atoms with van der Waals surface area (Å²) >= 11 is 0. The molecule has 3 aromatic carbocycles. The van der Waals surface area contributed by atoms with Crippen LogP contribution in [0.1, 0.15) is 62.5 Å². The fourth-order valence-electron chi connectivity index (χ4n) is 4.58. The quantitative estimate of drug-likeness (QED) is 0.362. The number of esters is 1. The van der Waals surface area contributed by atoms with Gasteiger partial charge < -0.3 is 15.4 Å². The Morgan fingerprint density at radius 2 is 1.78 bits per heavy atom. The Kier molecular flexibility index (Phi) is 7.92. The number of hydrogen-bond donors (Lipinski definition) is 2. The Labute approximate surface area is 217 Å². The van der Waals surface area contributed by atoms with Crippen molar-refractivity contribution >= 4 is 34.4 Å². The summed E-state index contributed by atoms with van der Waals surface area (Å²) in [7, 11) is 0. The molecule has 0 saturated heterocycles. The summed E-state index contributed by atoms with van der Waals surface area (Å²) in [6.45, 7) is 7.94. The average molecular weight is 500 g/mol. The highest BCUT2D eigenvalue weighted by Crippen LogP contribution is 2.33. The van der Waals surface area contributed by atoms with Gasteiger partial charge in [-0.05, 0) is 61.7 Å². The molecule has 7 heteroatoms. The number of carbonyl (C=O) groups is 3. The van der Waals surface area contributed by atoms with Crippen LogP contribution in [0.4, 0.5) is 10.5 Å². The molecule has 1 atom stereocenters. The van der Waals surface area contributed by atoms with E-state index in [9.17, 15) is 14.4 Å². The van der Waals surface area contributed by atoms with Gasteiger partial charge in [-0.1, -0.05) is 61.9 Å². The molecular formula is C30H33N3O4. The predicted octanol–water partition coefficient (Wildman–Crippen LogP) is 6.18. The minimum Gasteiger partial charge on any atom is -0.459 e. The lowest BCUT2D eigenvalue weighted by Gasteiger charge is -2.35. The summed E-state index contributed by atoms with van der Waals surface area (Å²) in [5, 5.41) is 7.79. The number of unbranched alkanes of at least 4 members (excludes halogenated alkanes) is 1. The van der Waals surface area contributed by atoms with Crippen molar-refractivity contribution < 1.29 is 19.1 Å². The van der Waals surface area contributed by atoms with E-state index in [1.165, 1.54) is 0 Å².